The number of amides is 1. The summed E-state index contributed by atoms with van der Waals surface area (Å²) in [6, 6.07) is 8.10. The highest BCUT2D eigenvalue weighted by molar-refractivity contribution is 5.65. The normalized spacial score (nSPS) is 17.4. The zero-order valence-electron chi connectivity index (χ0n) is 9.74. The van der Waals surface area contributed by atoms with Crippen molar-refractivity contribution in [3.63, 3.8) is 0 Å². The van der Waals surface area contributed by atoms with Crippen LogP contribution in [0.1, 0.15) is 23.9 Å². The molecule has 5 heteroatoms. The number of carbonyl (C=O) groups excluding carboxylic acids is 1. The van der Waals surface area contributed by atoms with Gasteiger partial charge in [0.1, 0.15) is 0 Å². The second-order valence-electron chi connectivity index (χ2n) is 4.25. The first kappa shape index (κ1) is 10.8. The van der Waals surface area contributed by atoms with E-state index >= 15 is 0 Å². The molecule has 0 radical (unpaired) electrons. The van der Waals surface area contributed by atoms with Crippen LogP contribution in [0.2, 0.25) is 0 Å². The maximum absolute atomic E-state index is 10.9. The first-order valence-electron chi connectivity index (χ1n) is 5.83. The third kappa shape index (κ3) is 1.73. The van der Waals surface area contributed by atoms with E-state index in [-0.39, 0.29) is 6.10 Å². The number of aryl methyl sites for hydroxylation is 1. The molecule has 1 aliphatic heterocycles. The maximum atomic E-state index is 10.9. The van der Waals surface area contributed by atoms with Crippen molar-refractivity contribution >= 4 is 6.09 Å². The van der Waals surface area contributed by atoms with E-state index in [1.807, 2.05) is 29.0 Å². The third-order valence-corrected chi connectivity index (χ3v) is 3.14. The molecule has 92 valence electrons. The van der Waals surface area contributed by atoms with Gasteiger partial charge in [0.2, 0.25) is 0 Å². The van der Waals surface area contributed by atoms with Crippen LogP contribution in [-0.4, -0.2) is 15.6 Å². The molecule has 0 fully saturated rings. The lowest BCUT2D eigenvalue weighted by molar-refractivity contribution is 0.0965. The smallest absolute Gasteiger partial charge is 0.405 e. The molecule has 1 aliphatic rings. The lowest BCUT2D eigenvalue weighted by Crippen LogP contribution is -2.19. The fraction of sp³-hybridized carbons (Fsp3) is 0.231. The number of fused-ring (bicyclic) bond motifs is 3. The van der Waals surface area contributed by atoms with Crippen LogP contribution >= 0.6 is 0 Å². The summed E-state index contributed by atoms with van der Waals surface area (Å²) in [5.41, 5.74) is 7.41. The second kappa shape index (κ2) is 4.18. The molecule has 1 amide bonds. The van der Waals surface area contributed by atoms with Gasteiger partial charge in [-0.25, -0.2) is 9.78 Å². The summed E-state index contributed by atoms with van der Waals surface area (Å²) in [7, 11) is 0. The summed E-state index contributed by atoms with van der Waals surface area (Å²) in [6.07, 6.45) is 3.95. The van der Waals surface area contributed by atoms with Gasteiger partial charge in [-0.15, -0.1) is 0 Å². The Bertz CT molecular complexity index is 591. The molecule has 0 aliphatic carbocycles. The van der Waals surface area contributed by atoms with E-state index in [4.69, 9.17) is 10.5 Å². The molecule has 0 spiro atoms. The van der Waals surface area contributed by atoms with Crippen LogP contribution in [0.5, 0.6) is 0 Å². The summed E-state index contributed by atoms with van der Waals surface area (Å²) in [5, 5.41) is 0. The van der Waals surface area contributed by atoms with Crippen molar-refractivity contribution in [2.75, 3.05) is 0 Å². The van der Waals surface area contributed by atoms with Gasteiger partial charge in [0.05, 0.1) is 5.69 Å². The van der Waals surface area contributed by atoms with E-state index in [0.29, 0.717) is 6.42 Å². The number of carbonyl (C=O) groups is 1. The van der Waals surface area contributed by atoms with Gasteiger partial charge in [0.15, 0.2) is 11.9 Å². The minimum Gasteiger partial charge on any atom is -0.438 e. The fourth-order valence-corrected chi connectivity index (χ4v) is 2.38. The molecule has 18 heavy (non-hydrogen) atoms. The molecule has 0 saturated heterocycles. The minimum atomic E-state index is -0.763. The Hall–Kier alpha value is -2.30. The van der Waals surface area contributed by atoms with Gasteiger partial charge in [-0.3, -0.25) is 0 Å². The van der Waals surface area contributed by atoms with Crippen LogP contribution in [0.4, 0.5) is 4.79 Å². The van der Waals surface area contributed by atoms with Gasteiger partial charge in [0, 0.05) is 12.4 Å². The topological polar surface area (TPSA) is 70.1 Å². The van der Waals surface area contributed by atoms with Crippen LogP contribution in [0.3, 0.4) is 0 Å². The number of nitrogens with zero attached hydrogens (tertiary/aromatic N) is 2. The van der Waals surface area contributed by atoms with Crippen LogP contribution in [0.15, 0.2) is 36.7 Å². The van der Waals surface area contributed by atoms with Gasteiger partial charge in [-0.05, 0) is 24.5 Å². The number of ether oxygens (including phenoxy) is 1. The van der Waals surface area contributed by atoms with Gasteiger partial charge in [-0.1, -0.05) is 18.2 Å². The van der Waals surface area contributed by atoms with Crippen molar-refractivity contribution in [2.45, 2.75) is 18.9 Å². The van der Waals surface area contributed by atoms with Gasteiger partial charge in [-0.2, -0.15) is 0 Å². The Kier molecular flexibility index (Phi) is 2.51. The summed E-state index contributed by atoms with van der Waals surface area (Å²) >= 11 is 0. The molecule has 1 atom stereocenters. The molecule has 2 heterocycles. The van der Waals surface area contributed by atoms with Gasteiger partial charge >= 0.3 is 6.09 Å². The number of para-hydroxylation sites is 1. The number of hydrogen-bond donors (Lipinski definition) is 1. The van der Waals surface area contributed by atoms with Crippen molar-refractivity contribution < 1.29 is 9.53 Å². The van der Waals surface area contributed by atoms with Crippen LogP contribution in [0.25, 0.3) is 5.69 Å². The number of hydrogen-bond acceptors (Lipinski definition) is 3. The van der Waals surface area contributed by atoms with E-state index in [0.717, 1.165) is 17.9 Å². The predicted octanol–water partition coefficient (Wildman–Crippen LogP) is 1.95. The number of nitrogens with two attached hydrogens (primary N) is 1. The van der Waals surface area contributed by atoms with Crippen molar-refractivity contribution in [3.05, 3.63) is 48.0 Å². The van der Waals surface area contributed by atoms with Crippen LogP contribution < -0.4 is 5.73 Å². The molecule has 0 bridgehead atoms. The number of primary amides is 1. The number of benzene rings is 1. The molecule has 3 rings (SSSR count). The van der Waals surface area contributed by atoms with Gasteiger partial charge in [0.25, 0.3) is 0 Å². The largest absolute Gasteiger partial charge is 0.438 e. The molecule has 0 saturated carbocycles. The lowest BCUT2D eigenvalue weighted by atomic mass is 10.1. The minimum absolute atomic E-state index is 0.384. The molecular formula is C13H13N3O2. The van der Waals surface area contributed by atoms with E-state index in [1.165, 1.54) is 5.56 Å². The Morgan fingerprint density at radius 2 is 2.28 bits per heavy atom. The highest BCUT2D eigenvalue weighted by Gasteiger charge is 2.25. The maximum Gasteiger partial charge on any atom is 0.405 e. The zero-order valence-corrected chi connectivity index (χ0v) is 9.74. The number of aromatic nitrogens is 2. The molecule has 1 aromatic heterocycles. The monoisotopic (exact) mass is 243 g/mol. The first-order valence-corrected chi connectivity index (χ1v) is 5.83. The van der Waals surface area contributed by atoms with Crippen LogP contribution in [0, 0.1) is 0 Å². The Morgan fingerprint density at radius 3 is 3.11 bits per heavy atom. The summed E-state index contributed by atoms with van der Waals surface area (Å²) in [6.45, 7) is 0. The fourth-order valence-electron chi connectivity index (χ4n) is 2.38. The van der Waals surface area contributed by atoms with E-state index in [9.17, 15) is 4.79 Å². The van der Waals surface area contributed by atoms with Crippen molar-refractivity contribution in [3.8, 4) is 5.69 Å². The molecule has 2 N–H and O–H groups in total. The SMILES string of the molecule is NC(=O)O[C@H]1CCc2ccccc2-n2ccnc21. The zero-order chi connectivity index (χ0) is 12.5. The van der Waals surface area contributed by atoms with Gasteiger partial charge < -0.3 is 15.0 Å². The molecule has 2 aromatic rings. The predicted molar refractivity (Wildman–Crippen MR) is 65.3 cm³/mol. The second-order valence-corrected chi connectivity index (χ2v) is 4.25. The van der Waals surface area contributed by atoms with E-state index in [1.54, 1.807) is 6.20 Å². The third-order valence-electron chi connectivity index (χ3n) is 3.14. The first-order chi connectivity index (χ1) is 8.75. The summed E-state index contributed by atoms with van der Waals surface area (Å²) in [4.78, 5) is 15.2. The average molecular weight is 243 g/mol. The quantitative estimate of drug-likeness (QED) is 0.832. The summed E-state index contributed by atoms with van der Waals surface area (Å²) in [5.74, 6) is 0.721. The van der Waals surface area contributed by atoms with Crippen molar-refractivity contribution in [1.29, 1.82) is 0 Å². The number of rotatable bonds is 1. The Balaban J connectivity index is 2.09. The highest BCUT2D eigenvalue weighted by atomic mass is 16.6. The molecule has 5 nitrogen and oxygen atoms in total. The Morgan fingerprint density at radius 1 is 1.44 bits per heavy atom. The lowest BCUT2D eigenvalue weighted by Gasteiger charge is -2.14. The molecule has 0 unspecified atom stereocenters. The van der Waals surface area contributed by atoms with E-state index in [2.05, 4.69) is 11.1 Å². The van der Waals surface area contributed by atoms with Crippen molar-refractivity contribution in [2.24, 2.45) is 5.73 Å². The summed E-state index contributed by atoms with van der Waals surface area (Å²) < 4.78 is 7.10. The molecule has 1 aromatic carbocycles. The Labute approximate surface area is 104 Å². The van der Waals surface area contributed by atoms with Crippen molar-refractivity contribution in [1.82, 2.24) is 9.55 Å². The number of imidazole rings is 1. The highest BCUT2D eigenvalue weighted by Crippen LogP contribution is 2.30. The molecular weight excluding hydrogens is 230 g/mol. The standard InChI is InChI=1S/C13H13N3O2/c14-13(17)18-11-6-5-9-3-1-2-4-10(9)16-8-7-15-12(11)16/h1-4,7-8,11H,5-6H2,(H2,14,17)/t11-/m0/s1. The van der Waals surface area contributed by atoms with E-state index < -0.39 is 6.09 Å². The average Bonchev–Trinajstić information content (AvgIpc) is 2.78. The van der Waals surface area contributed by atoms with Crippen LogP contribution in [-0.2, 0) is 11.2 Å².